The number of carbonyl (C=O) groups is 1. The molecule has 1 atom stereocenters. The molecule has 152 valence electrons. The number of rotatable bonds is 6. The van der Waals surface area contributed by atoms with Gasteiger partial charge in [0.15, 0.2) is 0 Å². The summed E-state index contributed by atoms with van der Waals surface area (Å²) in [5.41, 5.74) is 4.64. The van der Waals surface area contributed by atoms with Crippen LogP contribution in [0.1, 0.15) is 36.7 Å². The van der Waals surface area contributed by atoms with Crippen molar-refractivity contribution >= 4 is 16.9 Å². The first kappa shape index (κ1) is 19.6. The standard InChI is InChI=1S/C24H30N4O/c1-3-28-22-13-7-6-12-21(22)26-23(28)17-27-14-8-11-20(16-27)24(29)25-15-19-10-5-4-9-18(19)2/h4-7,9-10,12-13,20H,3,8,11,14-17H2,1-2H3,(H,25,29)/t20-/m1/s1. The largest absolute Gasteiger partial charge is 0.352 e. The zero-order valence-electron chi connectivity index (χ0n) is 17.4. The van der Waals surface area contributed by atoms with Gasteiger partial charge in [0, 0.05) is 19.6 Å². The van der Waals surface area contributed by atoms with Gasteiger partial charge in [-0.05, 0) is 56.5 Å². The molecule has 3 aromatic rings. The lowest BCUT2D eigenvalue weighted by atomic mass is 9.97. The molecular formula is C24H30N4O. The van der Waals surface area contributed by atoms with Crippen molar-refractivity contribution in [2.24, 2.45) is 5.92 Å². The number of amides is 1. The van der Waals surface area contributed by atoms with Crippen LogP contribution < -0.4 is 5.32 Å². The number of carbonyl (C=O) groups excluding carboxylic acids is 1. The Morgan fingerprint density at radius 3 is 2.79 bits per heavy atom. The smallest absolute Gasteiger partial charge is 0.224 e. The summed E-state index contributed by atoms with van der Waals surface area (Å²) < 4.78 is 2.29. The van der Waals surface area contributed by atoms with E-state index in [1.165, 1.54) is 16.6 Å². The van der Waals surface area contributed by atoms with Gasteiger partial charge in [0.25, 0.3) is 0 Å². The molecule has 29 heavy (non-hydrogen) atoms. The van der Waals surface area contributed by atoms with Gasteiger partial charge in [-0.25, -0.2) is 4.98 Å². The summed E-state index contributed by atoms with van der Waals surface area (Å²) in [6.45, 7) is 8.38. The van der Waals surface area contributed by atoms with Crippen LogP contribution in [0.5, 0.6) is 0 Å². The number of likely N-dealkylation sites (tertiary alicyclic amines) is 1. The van der Waals surface area contributed by atoms with Crippen LogP contribution in [0.3, 0.4) is 0 Å². The summed E-state index contributed by atoms with van der Waals surface area (Å²) >= 11 is 0. The molecule has 0 bridgehead atoms. The van der Waals surface area contributed by atoms with E-state index in [1.54, 1.807) is 0 Å². The predicted molar refractivity (Wildman–Crippen MR) is 116 cm³/mol. The second-order valence-corrected chi connectivity index (χ2v) is 7.98. The Hall–Kier alpha value is -2.66. The highest BCUT2D eigenvalue weighted by Gasteiger charge is 2.26. The number of para-hydroxylation sites is 2. The van der Waals surface area contributed by atoms with Crippen molar-refractivity contribution in [3.05, 3.63) is 65.5 Å². The fourth-order valence-electron chi connectivity index (χ4n) is 4.35. The quantitative estimate of drug-likeness (QED) is 0.695. The maximum Gasteiger partial charge on any atom is 0.224 e. The van der Waals surface area contributed by atoms with E-state index < -0.39 is 0 Å². The third-order valence-electron chi connectivity index (χ3n) is 6.01. The number of hydrogen-bond donors (Lipinski definition) is 1. The van der Waals surface area contributed by atoms with Crippen LogP contribution in [-0.2, 0) is 24.4 Å². The van der Waals surface area contributed by atoms with Gasteiger partial charge >= 0.3 is 0 Å². The van der Waals surface area contributed by atoms with Gasteiger partial charge in [-0.15, -0.1) is 0 Å². The fraction of sp³-hybridized carbons (Fsp3) is 0.417. The lowest BCUT2D eigenvalue weighted by Gasteiger charge is -2.31. The normalized spacial score (nSPS) is 17.5. The molecule has 0 radical (unpaired) electrons. The fourth-order valence-corrected chi connectivity index (χ4v) is 4.35. The van der Waals surface area contributed by atoms with E-state index in [4.69, 9.17) is 4.98 Å². The van der Waals surface area contributed by atoms with E-state index in [9.17, 15) is 4.79 Å². The second-order valence-electron chi connectivity index (χ2n) is 7.98. The lowest BCUT2D eigenvalue weighted by Crippen LogP contribution is -2.42. The number of nitrogens with one attached hydrogen (secondary N) is 1. The van der Waals surface area contributed by atoms with Crippen LogP contribution in [-0.4, -0.2) is 33.4 Å². The van der Waals surface area contributed by atoms with Crippen molar-refractivity contribution in [3.63, 3.8) is 0 Å². The molecule has 1 aromatic heterocycles. The molecule has 0 unspecified atom stereocenters. The van der Waals surface area contributed by atoms with Crippen LogP contribution >= 0.6 is 0 Å². The number of imidazole rings is 1. The van der Waals surface area contributed by atoms with Crippen molar-refractivity contribution in [1.82, 2.24) is 19.8 Å². The Morgan fingerprint density at radius 2 is 1.97 bits per heavy atom. The van der Waals surface area contributed by atoms with Crippen molar-refractivity contribution < 1.29 is 4.79 Å². The molecule has 5 nitrogen and oxygen atoms in total. The van der Waals surface area contributed by atoms with Crippen LogP contribution in [0.25, 0.3) is 11.0 Å². The number of aromatic nitrogens is 2. The molecule has 0 aliphatic carbocycles. The Kier molecular flexibility index (Phi) is 5.95. The molecule has 1 amide bonds. The Morgan fingerprint density at radius 1 is 1.17 bits per heavy atom. The molecule has 1 fully saturated rings. The minimum Gasteiger partial charge on any atom is -0.352 e. The lowest BCUT2D eigenvalue weighted by molar-refractivity contribution is -0.127. The molecule has 5 heteroatoms. The van der Waals surface area contributed by atoms with Crippen LogP contribution in [0, 0.1) is 12.8 Å². The van der Waals surface area contributed by atoms with Gasteiger partial charge in [0.2, 0.25) is 5.91 Å². The Balaban J connectivity index is 1.39. The summed E-state index contributed by atoms with van der Waals surface area (Å²) in [5, 5.41) is 3.15. The Labute approximate surface area is 172 Å². The zero-order valence-corrected chi connectivity index (χ0v) is 17.4. The first-order valence-corrected chi connectivity index (χ1v) is 10.6. The molecular weight excluding hydrogens is 360 g/mol. The Bertz CT molecular complexity index is 993. The number of aryl methyl sites for hydroxylation is 2. The van der Waals surface area contributed by atoms with E-state index in [1.807, 2.05) is 18.2 Å². The molecule has 0 saturated carbocycles. The average molecular weight is 391 g/mol. The molecule has 1 aliphatic heterocycles. The van der Waals surface area contributed by atoms with Gasteiger partial charge in [-0.2, -0.15) is 0 Å². The van der Waals surface area contributed by atoms with Crippen molar-refractivity contribution in [1.29, 1.82) is 0 Å². The summed E-state index contributed by atoms with van der Waals surface area (Å²) in [5.74, 6) is 1.31. The molecule has 1 saturated heterocycles. The van der Waals surface area contributed by atoms with Gasteiger partial charge in [-0.3, -0.25) is 9.69 Å². The monoisotopic (exact) mass is 390 g/mol. The second kappa shape index (κ2) is 8.78. The topological polar surface area (TPSA) is 50.2 Å². The van der Waals surface area contributed by atoms with E-state index in [-0.39, 0.29) is 11.8 Å². The summed E-state index contributed by atoms with van der Waals surface area (Å²) in [6.07, 6.45) is 2.01. The van der Waals surface area contributed by atoms with Crippen molar-refractivity contribution in [2.45, 2.75) is 46.3 Å². The summed E-state index contributed by atoms with van der Waals surface area (Å²) in [4.78, 5) is 20.0. The summed E-state index contributed by atoms with van der Waals surface area (Å²) in [7, 11) is 0. The van der Waals surface area contributed by atoms with Gasteiger partial charge in [-0.1, -0.05) is 36.4 Å². The van der Waals surface area contributed by atoms with Gasteiger partial charge in [0.05, 0.1) is 23.5 Å². The number of nitrogens with zero attached hydrogens (tertiary/aromatic N) is 3. The highest BCUT2D eigenvalue weighted by atomic mass is 16.1. The van der Waals surface area contributed by atoms with E-state index in [0.717, 1.165) is 50.4 Å². The van der Waals surface area contributed by atoms with Crippen LogP contribution in [0.2, 0.25) is 0 Å². The van der Waals surface area contributed by atoms with Crippen molar-refractivity contribution in [3.8, 4) is 0 Å². The number of hydrogen-bond acceptors (Lipinski definition) is 3. The highest BCUT2D eigenvalue weighted by Crippen LogP contribution is 2.22. The van der Waals surface area contributed by atoms with Crippen LogP contribution in [0.15, 0.2) is 48.5 Å². The molecule has 2 heterocycles. The average Bonchev–Trinajstić information content (AvgIpc) is 3.10. The minimum atomic E-state index is 0.0484. The van der Waals surface area contributed by atoms with Crippen molar-refractivity contribution in [2.75, 3.05) is 13.1 Å². The van der Waals surface area contributed by atoms with E-state index >= 15 is 0 Å². The number of benzene rings is 2. The van der Waals surface area contributed by atoms with Crippen LogP contribution in [0.4, 0.5) is 0 Å². The molecule has 0 spiro atoms. The third-order valence-corrected chi connectivity index (χ3v) is 6.01. The van der Waals surface area contributed by atoms with Gasteiger partial charge < -0.3 is 9.88 Å². The maximum absolute atomic E-state index is 12.8. The van der Waals surface area contributed by atoms with Gasteiger partial charge in [0.1, 0.15) is 5.82 Å². The molecule has 1 N–H and O–H groups in total. The minimum absolute atomic E-state index is 0.0484. The zero-order chi connectivity index (χ0) is 20.2. The highest BCUT2D eigenvalue weighted by molar-refractivity contribution is 5.79. The summed E-state index contributed by atoms with van der Waals surface area (Å²) in [6, 6.07) is 16.5. The SMILES string of the molecule is CCn1c(CN2CCC[C@@H](C(=O)NCc3ccccc3C)C2)nc2ccccc21. The van der Waals surface area contributed by atoms with E-state index in [0.29, 0.717) is 6.54 Å². The predicted octanol–water partition coefficient (Wildman–Crippen LogP) is 3.89. The molecule has 4 rings (SSSR count). The number of fused-ring (bicyclic) bond motifs is 1. The first-order chi connectivity index (χ1) is 14.2. The molecule has 1 aliphatic rings. The van der Waals surface area contributed by atoms with E-state index in [2.05, 4.69) is 59.0 Å². The first-order valence-electron chi connectivity index (χ1n) is 10.6. The molecule has 2 aromatic carbocycles. The third kappa shape index (κ3) is 4.35. The number of piperidine rings is 1. The maximum atomic E-state index is 12.8.